The predicted octanol–water partition coefficient (Wildman–Crippen LogP) is 2.25. The fourth-order valence-electron chi connectivity index (χ4n) is 3.75. The molecule has 1 aliphatic heterocycles. The molecule has 100 valence electrons. The zero-order chi connectivity index (χ0) is 12.9. The molecule has 2 fully saturated rings. The van der Waals surface area contributed by atoms with Crippen molar-refractivity contribution in [3.63, 3.8) is 0 Å². The van der Waals surface area contributed by atoms with Crippen LogP contribution < -0.4 is 0 Å². The van der Waals surface area contributed by atoms with Crippen LogP contribution in [0.1, 0.15) is 59.8 Å². The third-order valence-electron chi connectivity index (χ3n) is 4.54. The molecule has 1 saturated heterocycles. The summed E-state index contributed by atoms with van der Waals surface area (Å²) in [6.07, 6.45) is 3.63. The minimum atomic E-state index is -0.883. The van der Waals surface area contributed by atoms with Gasteiger partial charge in [0.05, 0.1) is 22.9 Å². The molecule has 1 aliphatic carbocycles. The standard InChI is InChI=1S/C14H26O3/c1-12(2)9-10(13(3,4)17-12)11(15)14(16)7-5-6-8-14/h10-11,15-16H,5-9H2,1-4H3. The predicted molar refractivity (Wildman–Crippen MR) is 66.8 cm³/mol. The molecule has 2 unspecified atom stereocenters. The summed E-state index contributed by atoms with van der Waals surface area (Å²) in [5.41, 5.74) is -1.45. The summed E-state index contributed by atoms with van der Waals surface area (Å²) in [7, 11) is 0. The van der Waals surface area contributed by atoms with Gasteiger partial charge in [-0.2, -0.15) is 0 Å². The second kappa shape index (κ2) is 3.94. The summed E-state index contributed by atoms with van der Waals surface area (Å²) >= 11 is 0. The van der Waals surface area contributed by atoms with E-state index in [1.807, 2.05) is 13.8 Å². The average Bonchev–Trinajstić information content (AvgIpc) is 2.67. The number of hydrogen-bond donors (Lipinski definition) is 2. The second-order valence-corrected chi connectivity index (χ2v) is 7.03. The van der Waals surface area contributed by atoms with Crippen LogP contribution in [0.4, 0.5) is 0 Å². The molecular formula is C14H26O3. The molecule has 3 heteroatoms. The van der Waals surface area contributed by atoms with Gasteiger partial charge in [0.25, 0.3) is 0 Å². The molecule has 1 heterocycles. The first-order chi connectivity index (χ1) is 7.66. The Bertz CT molecular complexity index is 290. The van der Waals surface area contributed by atoms with Gasteiger partial charge in [-0.05, 0) is 47.0 Å². The van der Waals surface area contributed by atoms with E-state index in [2.05, 4.69) is 13.8 Å². The first kappa shape index (κ1) is 13.3. The zero-order valence-corrected chi connectivity index (χ0v) is 11.5. The molecule has 0 amide bonds. The van der Waals surface area contributed by atoms with E-state index in [4.69, 9.17) is 4.74 Å². The lowest BCUT2D eigenvalue weighted by Gasteiger charge is -2.37. The lowest BCUT2D eigenvalue weighted by atomic mass is 9.76. The molecule has 2 aliphatic rings. The Kier molecular flexibility index (Phi) is 3.08. The highest BCUT2D eigenvalue weighted by molar-refractivity contribution is 5.04. The number of aliphatic hydroxyl groups is 2. The molecule has 17 heavy (non-hydrogen) atoms. The Morgan fingerprint density at radius 1 is 1.12 bits per heavy atom. The van der Waals surface area contributed by atoms with Crippen molar-refractivity contribution in [3.8, 4) is 0 Å². The van der Waals surface area contributed by atoms with Gasteiger partial charge in [-0.1, -0.05) is 12.8 Å². The monoisotopic (exact) mass is 242 g/mol. The minimum absolute atomic E-state index is 0.0144. The van der Waals surface area contributed by atoms with Crippen LogP contribution in [0.25, 0.3) is 0 Å². The van der Waals surface area contributed by atoms with Gasteiger partial charge in [-0.25, -0.2) is 0 Å². The van der Waals surface area contributed by atoms with Crippen LogP contribution in [0.15, 0.2) is 0 Å². The van der Waals surface area contributed by atoms with Crippen LogP contribution in [-0.2, 0) is 4.74 Å². The first-order valence-electron chi connectivity index (χ1n) is 6.77. The lowest BCUT2D eigenvalue weighted by molar-refractivity contribution is -0.135. The number of ether oxygens (including phenoxy) is 1. The topological polar surface area (TPSA) is 49.7 Å². The van der Waals surface area contributed by atoms with E-state index < -0.39 is 11.7 Å². The molecule has 2 atom stereocenters. The summed E-state index contributed by atoms with van der Waals surface area (Å²) in [6, 6.07) is 0. The zero-order valence-electron chi connectivity index (χ0n) is 11.5. The molecule has 2 rings (SSSR count). The summed E-state index contributed by atoms with van der Waals surface area (Å²) in [5, 5.41) is 21.1. The molecule has 0 aromatic carbocycles. The number of hydrogen-bond acceptors (Lipinski definition) is 3. The van der Waals surface area contributed by atoms with E-state index in [1.165, 1.54) is 0 Å². The second-order valence-electron chi connectivity index (χ2n) is 7.03. The normalized spacial score (nSPS) is 36.0. The third-order valence-corrected chi connectivity index (χ3v) is 4.54. The maximum absolute atomic E-state index is 10.5. The van der Waals surface area contributed by atoms with Crippen molar-refractivity contribution in [2.45, 2.75) is 82.7 Å². The Balaban J connectivity index is 2.17. The molecule has 2 N–H and O–H groups in total. The highest BCUT2D eigenvalue weighted by Crippen LogP contribution is 2.48. The van der Waals surface area contributed by atoms with Crippen molar-refractivity contribution >= 4 is 0 Å². The minimum Gasteiger partial charge on any atom is -0.390 e. The molecule has 0 aromatic rings. The van der Waals surface area contributed by atoms with Crippen molar-refractivity contribution < 1.29 is 14.9 Å². The molecule has 3 nitrogen and oxygen atoms in total. The third kappa shape index (κ3) is 2.38. The molecule has 0 radical (unpaired) electrons. The summed E-state index contributed by atoms with van der Waals surface area (Å²) in [6.45, 7) is 8.15. The maximum Gasteiger partial charge on any atom is 0.0909 e. The van der Waals surface area contributed by atoms with Crippen LogP contribution in [0.2, 0.25) is 0 Å². The Morgan fingerprint density at radius 3 is 2.06 bits per heavy atom. The van der Waals surface area contributed by atoms with Gasteiger partial charge in [0.1, 0.15) is 0 Å². The Morgan fingerprint density at radius 2 is 1.65 bits per heavy atom. The number of rotatable bonds is 2. The van der Waals surface area contributed by atoms with Crippen LogP contribution in [0.3, 0.4) is 0 Å². The highest BCUT2D eigenvalue weighted by atomic mass is 16.5. The largest absolute Gasteiger partial charge is 0.390 e. The van der Waals surface area contributed by atoms with E-state index in [1.54, 1.807) is 0 Å². The lowest BCUT2D eigenvalue weighted by Crippen LogP contribution is -2.49. The van der Waals surface area contributed by atoms with Crippen molar-refractivity contribution in [2.24, 2.45) is 5.92 Å². The van der Waals surface area contributed by atoms with Gasteiger partial charge in [0.15, 0.2) is 0 Å². The smallest absolute Gasteiger partial charge is 0.0909 e. The first-order valence-corrected chi connectivity index (χ1v) is 6.77. The van der Waals surface area contributed by atoms with Crippen LogP contribution in [0, 0.1) is 5.92 Å². The van der Waals surface area contributed by atoms with Gasteiger partial charge in [-0.3, -0.25) is 0 Å². The van der Waals surface area contributed by atoms with E-state index in [-0.39, 0.29) is 17.1 Å². The fourth-order valence-corrected chi connectivity index (χ4v) is 3.75. The maximum atomic E-state index is 10.5. The molecule has 1 saturated carbocycles. The average molecular weight is 242 g/mol. The van der Waals surface area contributed by atoms with Crippen LogP contribution >= 0.6 is 0 Å². The van der Waals surface area contributed by atoms with Gasteiger partial charge >= 0.3 is 0 Å². The van der Waals surface area contributed by atoms with E-state index in [0.717, 1.165) is 32.1 Å². The van der Waals surface area contributed by atoms with Crippen molar-refractivity contribution in [2.75, 3.05) is 0 Å². The van der Waals surface area contributed by atoms with E-state index in [0.29, 0.717) is 0 Å². The van der Waals surface area contributed by atoms with Gasteiger partial charge < -0.3 is 14.9 Å². The summed E-state index contributed by atoms with van der Waals surface area (Å²) in [4.78, 5) is 0. The Hall–Kier alpha value is -0.120. The van der Waals surface area contributed by atoms with Crippen molar-refractivity contribution in [1.82, 2.24) is 0 Å². The molecule has 0 bridgehead atoms. The fraction of sp³-hybridized carbons (Fsp3) is 1.00. The highest BCUT2D eigenvalue weighted by Gasteiger charge is 2.54. The quantitative estimate of drug-likeness (QED) is 0.781. The SMILES string of the molecule is CC1(C)CC(C(O)C2(O)CCCC2)C(C)(C)O1. The van der Waals surface area contributed by atoms with E-state index >= 15 is 0 Å². The Labute approximate surface area is 104 Å². The van der Waals surface area contributed by atoms with Gasteiger partial charge in [0.2, 0.25) is 0 Å². The number of aliphatic hydroxyl groups excluding tert-OH is 1. The van der Waals surface area contributed by atoms with Gasteiger partial charge in [0, 0.05) is 5.92 Å². The summed E-state index contributed by atoms with van der Waals surface area (Å²) < 4.78 is 6.00. The van der Waals surface area contributed by atoms with Gasteiger partial charge in [-0.15, -0.1) is 0 Å². The molecule has 0 aromatic heterocycles. The molecule has 0 spiro atoms. The van der Waals surface area contributed by atoms with E-state index in [9.17, 15) is 10.2 Å². The van der Waals surface area contributed by atoms with Crippen LogP contribution in [-0.4, -0.2) is 33.1 Å². The van der Waals surface area contributed by atoms with Crippen LogP contribution in [0.5, 0.6) is 0 Å². The molecular weight excluding hydrogens is 216 g/mol. The summed E-state index contributed by atoms with van der Waals surface area (Å²) in [5.74, 6) is 0.0144. The van der Waals surface area contributed by atoms with Crippen molar-refractivity contribution in [1.29, 1.82) is 0 Å². The van der Waals surface area contributed by atoms with Crippen molar-refractivity contribution in [3.05, 3.63) is 0 Å².